The molecule has 0 spiro atoms. The number of aliphatic hydroxyl groups is 1. The van der Waals surface area contributed by atoms with Crippen molar-refractivity contribution in [1.82, 2.24) is 0 Å². The van der Waals surface area contributed by atoms with Crippen LogP contribution in [0.4, 0.5) is 0 Å². The van der Waals surface area contributed by atoms with E-state index < -0.39 is 0 Å². The average molecular weight is 380 g/mol. The largest absolute Gasteiger partial charge is 0.393 e. The Morgan fingerprint density at radius 3 is 1.27 bits per heavy atom. The third kappa shape index (κ3) is 4.83. The lowest BCUT2D eigenvalue weighted by atomic mass is 9.73. The number of rotatable bonds is 4. The van der Waals surface area contributed by atoms with Crippen molar-refractivity contribution in [1.29, 1.82) is 0 Å². The minimum Gasteiger partial charge on any atom is -0.393 e. The molecule has 4 aliphatic carbocycles. The lowest BCUT2D eigenvalue weighted by Crippen LogP contribution is -2.44. The topological polar surface area (TPSA) is 20.2 Å². The van der Waals surface area contributed by atoms with Crippen molar-refractivity contribution < 1.29 is 5.11 Å². The molecule has 0 atom stereocenters. The summed E-state index contributed by atoms with van der Waals surface area (Å²) in [5, 5.41) is 13.1. The lowest BCUT2D eigenvalue weighted by Gasteiger charge is -2.40. The molecule has 1 nitrogen and oxygen atoms in total. The Hall–Kier alpha value is 0.310. The molecule has 1 N–H and O–H groups in total. The molecule has 4 saturated carbocycles. The van der Waals surface area contributed by atoms with Crippen molar-refractivity contribution in [3.63, 3.8) is 0 Å². The Morgan fingerprint density at radius 2 is 0.808 bits per heavy atom. The highest BCUT2D eigenvalue weighted by Crippen LogP contribution is 2.44. The van der Waals surface area contributed by atoms with Crippen LogP contribution in [0.2, 0.25) is 0 Å². The molecule has 0 amide bonds. The predicted octanol–water partition coefficient (Wildman–Crippen LogP) is 6.38. The maximum atomic E-state index is 9.83. The first-order chi connectivity index (χ1) is 12.8. The molecule has 0 aliphatic heterocycles. The van der Waals surface area contributed by atoms with Gasteiger partial charge in [0.15, 0.2) is 0 Å². The molecule has 4 rings (SSSR count). The van der Waals surface area contributed by atoms with Crippen molar-refractivity contribution in [2.45, 2.75) is 137 Å². The van der Waals surface area contributed by atoms with Crippen molar-refractivity contribution in [3.05, 3.63) is 0 Å². The molecule has 0 unspecified atom stereocenters. The molecule has 4 fully saturated rings. The summed E-state index contributed by atoms with van der Waals surface area (Å²) in [4.78, 5) is 0. The van der Waals surface area contributed by atoms with E-state index in [1.54, 1.807) is 38.5 Å². The molecular formula is C24H43OS+. The van der Waals surface area contributed by atoms with Crippen LogP contribution in [-0.2, 0) is 10.9 Å². The van der Waals surface area contributed by atoms with E-state index in [1.165, 1.54) is 64.2 Å². The summed E-state index contributed by atoms with van der Waals surface area (Å²) < 4.78 is 0. The first kappa shape index (κ1) is 19.6. The van der Waals surface area contributed by atoms with Gasteiger partial charge in [0.25, 0.3) is 0 Å². The molecule has 0 bridgehead atoms. The highest BCUT2D eigenvalue weighted by Gasteiger charge is 2.46. The predicted molar refractivity (Wildman–Crippen MR) is 115 cm³/mol. The summed E-state index contributed by atoms with van der Waals surface area (Å²) in [7, 11) is 0.751. The molecule has 0 aromatic heterocycles. The smallest absolute Gasteiger partial charge is 0.118 e. The maximum Gasteiger partial charge on any atom is 0.118 e. The van der Waals surface area contributed by atoms with Crippen LogP contribution in [0.25, 0.3) is 0 Å². The number of hydrogen-bond acceptors (Lipinski definition) is 1. The van der Waals surface area contributed by atoms with Crippen molar-refractivity contribution in [3.8, 4) is 0 Å². The summed E-state index contributed by atoms with van der Waals surface area (Å²) in [5.74, 6) is 1.95. The third-order valence-corrected chi connectivity index (χ3v) is 12.1. The molecule has 0 aromatic rings. The summed E-state index contributed by atoms with van der Waals surface area (Å²) in [6.45, 7) is 0. The van der Waals surface area contributed by atoms with Gasteiger partial charge in [-0.1, -0.05) is 12.8 Å². The third-order valence-electron chi connectivity index (χ3n) is 8.39. The van der Waals surface area contributed by atoms with Gasteiger partial charge < -0.3 is 5.11 Å². The number of hydrogen-bond donors (Lipinski definition) is 1. The van der Waals surface area contributed by atoms with Gasteiger partial charge in [0.05, 0.1) is 6.10 Å². The second-order valence-electron chi connectivity index (χ2n) is 10.0. The van der Waals surface area contributed by atoms with E-state index in [-0.39, 0.29) is 6.10 Å². The van der Waals surface area contributed by atoms with Crippen molar-refractivity contribution in [2.24, 2.45) is 11.8 Å². The van der Waals surface area contributed by atoms with Gasteiger partial charge >= 0.3 is 0 Å². The zero-order chi connectivity index (χ0) is 17.8. The summed E-state index contributed by atoms with van der Waals surface area (Å²) in [5.41, 5.74) is 0. The number of aliphatic hydroxyl groups excluding tert-OH is 1. The Kier molecular flexibility index (Phi) is 7.30. The van der Waals surface area contributed by atoms with Gasteiger partial charge in [-0.15, -0.1) is 0 Å². The molecule has 4 aliphatic rings. The summed E-state index contributed by atoms with van der Waals surface area (Å²) >= 11 is 0. The highest BCUT2D eigenvalue weighted by atomic mass is 32.2. The van der Waals surface area contributed by atoms with E-state index >= 15 is 0 Å². The van der Waals surface area contributed by atoms with Crippen LogP contribution in [0, 0.1) is 11.8 Å². The van der Waals surface area contributed by atoms with Gasteiger partial charge in [0.2, 0.25) is 0 Å². The lowest BCUT2D eigenvalue weighted by molar-refractivity contribution is 0.0825. The van der Waals surface area contributed by atoms with E-state index in [1.807, 2.05) is 0 Å². The van der Waals surface area contributed by atoms with E-state index in [4.69, 9.17) is 0 Å². The van der Waals surface area contributed by atoms with E-state index in [9.17, 15) is 5.11 Å². The van der Waals surface area contributed by atoms with Crippen LogP contribution in [-0.4, -0.2) is 27.0 Å². The quantitative estimate of drug-likeness (QED) is 0.562. The van der Waals surface area contributed by atoms with E-state index in [0.717, 1.165) is 51.3 Å². The van der Waals surface area contributed by atoms with Crippen LogP contribution < -0.4 is 0 Å². The highest BCUT2D eigenvalue weighted by molar-refractivity contribution is 7.98. The van der Waals surface area contributed by atoms with Crippen LogP contribution in [0.15, 0.2) is 0 Å². The standard InChI is InChI=1S/C24H43OS/c25-21-15-11-19(12-16-21)20-13-17-24(18-14-20)26(22-7-3-1-4-8-22)23-9-5-2-6-10-23/h19-25H,1-18H2/q+1. The second kappa shape index (κ2) is 9.68. The first-order valence-corrected chi connectivity index (χ1v) is 13.6. The van der Waals surface area contributed by atoms with Gasteiger partial charge in [0, 0.05) is 0 Å². The van der Waals surface area contributed by atoms with Gasteiger partial charge in [-0.05, 0) is 125 Å². The zero-order valence-electron chi connectivity index (χ0n) is 17.0. The fourth-order valence-corrected chi connectivity index (χ4v) is 11.1. The molecule has 2 heteroatoms. The monoisotopic (exact) mass is 379 g/mol. The fraction of sp³-hybridized carbons (Fsp3) is 1.00. The molecule has 26 heavy (non-hydrogen) atoms. The SMILES string of the molecule is OC1CCC(C2CCC([S+](C3CCCCC3)C3CCCCC3)CC2)CC1. The Labute approximate surface area is 165 Å². The summed E-state index contributed by atoms with van der Waals surface area (Å²) in [6.07, 6.45) is 26.4. The Morgan fingerprint density at radius 1 is 0.423 bits per heavy atom. The molecule has 0 heterocycles. The summed E-state index contributed by atoms with van der Waals surface area (Å²) in [6, 6.07) is 0. The molecule has 0 saturated heterocycles. The fourth-order valence-electron chi connectivity index (χ4n) is 6.90. The molecule has 0 aromatic carbocycles. The van der Waals surface area contributed by atoms with Crippen LogP contribution in [0.1, 0.15) is 116 Å². The minimum atomic E-state index is 0.0195. The molecule has 0 radical (unpaired) electrons. The minimum absolute atomic E-state index is 0.0195. The van der Waals surface area contributed by atoms with Gasteiger partial charge in [0.1, 0.15) is 15.7 Å². The zero-order valence-corrected chi connectivity index (χ0v) is 17.9. The van der Waals surface area contributed by atoms with Crippen molar-refractivity contribution in [2.75, 3.05) is 0 Å². The van der Waals surface area contributed by atoms with Crippen LogP contribution in [0.5, 0.6) is 0 Å². The Balaban J connectivity index is 1.35. The Bertz CT molecular complexity index is 378. The van der Waals surface area contributed by atoms with E-state index in [0.29, 0.717) is 0 Å². The van der Waals surface area contributed by atoms with E-state index in [2.05, 4.69) is 0 Å². The molecular weight excluding hydrogens is 336 g/mol. The van der Waals surface area contributed by atoms with Crippen LogP contribution >= 0.6 is 0 Å². The van der Waals surface area contributed by atoms with Crippen molar-refractivity contribution >= 4 is 10.9 Å². The first-order valence-electron chi connectivity index (χ1n) is 12.2. The maximum absolute atomic E-state index is 9.83. The average Bonchev–Trinajstić information content (AvgIpc) is 2.71. The van der Waals surface area contributed by atoms with Gasteiger partial charge in [-0.3, -0.25) is 0 Å². The van der Waals surface area contributed by atoms with Gasteiger partial charge in [-0.2, -0.15) is 0 Å². The normalized spacial score (nSPS) is 38.5. The van der Waals surface area contributed by atoms with Gasteiger partial charge in [-0.25, -0.2) is 0 Å². The van der Waals surface area contributed by atoms with Crippen LogP contribution in [0.3, 0.4) is 0 Å². The molecule has 150 valence electrons. The second-order valence-corrected chi connectivity index (χ2v) is 12.9.